The fraction of sp³-hybridized carbons (Fsp3) is 0.160. The van der Waals surface area contributed by atoms with Gasteiger partial charge in [0.05, 0.1) is 17.0 Å². The van der Waals surface area contributed by atoms with E-state index in [1.165, 1.54) is 6.20 Å². The first kappa shape index (κ1) is 20.6. The summed E-state index contributed by atoms with van der Waals surface area (Å²) in [4.78, 5) is 33.1. The average Bonchev–Trinajstić information content (AvgIpc) is 2.79. The summed E-state index contributed by atoms with van der Waals surface area (Å²) in [5, 5.41) is 0.193. The molecular formula is C25H20ClN3O2. The van der Waals surface area contributed by atoms with Crippen molar-refractivity contribution in [3.8, 4) is 11.8 Å². The van der Waals surface area contributed by atoms with Crippen molar-refractivity contribution in [3.63, 3.8) is 0 Å². The van der Waals surface area contributed by atoms with Crippen LogP contribution in [0.1, 0.15) is 30.0 Å². The number of amides is 3. The minimum Gasteiger partial charge on any atom is -0.317 e. The Bertz CT molecular complexity index is 1200. The van der Waals surface area contributed by atoms with E-state index in [1.54, 1.807) is 18.0 Å². The summed E-state index contributed by atoms with van der Waals surface area (Å²) in [5.74, 6) is 5.80. The third-order valence-electron chi connectivity index (χ3n) is 5.52. The number of carbonyl (C=O) groups excluding carboxylic acids is 2. The van der Waals surface area contributed by atoms with Crippen LogP contribution >= 0.6 is 11.6 Å². The van der Waals surface area contributed by atoms with Gasteiger partial charge in [0.25, 0.3) is 0 Å². The van der Waals surface area contributed by atoms with Crippen molar-refractivity contribution in [2.45, 2.75) is 18.9 Å². The number of carbonyl (C=O) groups is 2. The number of benzene rings is 2. The first-order valence-corrected chi connectivity index (χ1v) is 10.2. The maximum absolute atomic E-state index is 13.2. The van der Waals surface area contributed by atoms with Gasteiger partial charge in [-0.1, -0.05) is 72.0 Å². The predicted molar refractivity (Wildman–Crippen MR) is 121 cm³/mol. The number of hydrogen-bond acceptors (Lipinski definition) is 3. The standard InChI is InChI=1S/C25H20ClN3O2/c1-25(20-11-7-4-8-12-20)16-22(30)29(24(31)28(25)2)23-21(26)15-19(17-27-23)14-13-18-9-5-3-6-10-18/h3-12,15,17H,16H2,1-2H3. The van der Waals surface area contributed by atoms with Crippen LogP contribution in [0.5, 0.6) is 0 Å². The lowest BCUT2D eigenvalue weighted by Crippen LogP contribution is -2.60. The molecule has 2 aromatic carbocycles. The number of urea groups is 1. The Morgan fingerprint density at radius 1 is 0.968 bits per heavy atom. The molecule has 0 aliphatic carbocycles. The van der Waals surface area contributed by atoms with Gasteiger partial charge in [-0.2, -0.15) is 0 Å². The van der Waals surface area contributed by atoms with Crippen LogP contribution in [-0.4, -0.2) is 28.9 Å². The summed E-state index contributed by atoms with van der Waals surface area (Å²) < 4.78 is 0. The SMILES string of the molecule is CN1C(=O)N(c2ncc(C#Cc3ccccc3)cc2Cl)C(=O)CC1(C)c1ccccc1. The monoisotopic (exact) mass is 429 g/mol. The van der Waals surface area contributed by atoms with E-state index in [9.17, 15) is 9.59 Å². The Morgan fingerprint density at radius 3 is 2.23 bits per heavy atom. The highest BCUT2D eigenvalue weighted by molar-refractivity contribution is 6.35. The molecular weight excluding hydrogens is 410 g/mol. The van der Waals surface area contributed by atoms with E-state index in [4.69, 9.17) is 11.6 Å². The van der Waals surface area contributed by atoms with Crippen LogP contribution in [0.2, 0.25) is 5.02 Å². The van der Waals surface area contributed by atoms with E-state index in [-0.39, 0.29) is 23.2 Å². The largest absolute Gasteiger partial charge is 0.333 e. The molecule has 1 aliphatic heterocycles. The molecule has 2 heterocycles. The summed E-state index contributed by atoms with van der Waals surface area (Å²) >= 11 is 6.42. The number of imide groups is 1. The van der Waals surface area contributed by atoms with Crippen molar-refractivity contribution < 1.29 is 9.59 Å². The molecule has 0 radical (unpaired) electrons. The maximum atomic E-state index is 13.2. The minimum absolute atomic E-state index is 0.115. The molecule has 1 atom stereocenters. The highest BCUT2D eigenvalue weighted by Crippen LogP contribution is 2.38. The zero-order chi connectivity index (χ0) is 22.0. The fourth-order valence-electron chi connectivity index (χ4n) is 3.59. The van der Waals surface area contributed by atoms with E-state index in [0.29, 0.717) is 5.56 Å². The quantitative estimate of drug-likeness (QED) is 0.548. The lowest BCUT2D eigenvalue weighted by atomic mass is 9.85. The van der Waals surface area contributed by atoms with E-state index in [2.05, 4.69) is 16.8 Å². The molecule has 0 saturated carbocycles. The first-order chi connectivity index (χ1) is 14.9. The second kappa shape index (κ2) is 8.25. The number of hydrogen-bond donors (Lipinski definition) is 0. The molecule has 1 aromatic heterocycles. The smallest absolute Gasteiger partial charge is 0.317 e. The second-order valence-electron chi connectivity index (χ2n) is 7.53. The number of halogens is 1. The summed E-state index contributed by atoms with van der Waals surface area (Å²) in [6, 6.07) is 20.2. The maximum Gasteiger partial charge on any atom is 0.333 e. The fourth-order valence-corrected chi connectivity index (χ4v) is 3.84. The van der Waals surface area contributed by atoms with Crippen LogP contribution in [0.15, 0.2) is 72.9 Å². The molecule has 3 amide bonds. The van der Waals surface area contributed by atoms with Crippen LogP contribution < -0.4 is 4.90 Å². The Labute approximate surface area is 186 Å². The Balaban J connectivity index is 1.62. The van der Waals surface area contributed by atoms with Gasteiger partial charge < -0.3 is 4.90 Å². The van der Waals surface area contributed by atoms with Gasteiger partial charge in [-0.05, 0) is 30.7 Å². The van der Waals surface area contributed by atoms with E-state index >= 15 is 0 Å². The van der Waals surface area contributed by atoms with E-state index in [1.807, 2.05) is 67.6 Å². The van der Waals surface area contributed by atoms with Crippen LogP contribution in [0, 0.1) is 11.8 Å². The van der Waals surface area contributed by atoms with Crippen molar-refractivity contribution in [1.82, 2.24) is 9.88 Å². The Hall–Kier alpha value is -3.62. The second-order valence-corrected chi connectivity index (χ2v) is 7.94. The van der Waals surface area contributed by atoms with Crippen LogP contribution in [0.4, 0.5) is 10.6 Å². The zero-order valence-electron chi connectivity index (χ0n) is 17.2. The number of anilines is 1. The zero-order valence-corrected chi connectivity index (χ0v) is 17.9. The van der Waals surface area contributed by atoms with Gasteiger partial charge in [0.2, 0.25) is 5.91 Å². The summed E-state index contributed by atoms with van der Waals surface area (Å²) in [5.41, 5.74) is 1.60. The summed E-state index contributed by atoms with van der Waals surface area (Å²) in [7, 11) is 1.68. The lowest BCUT2D eigenvalue weighted by molar-refractivity contribution is -0.122. The molecule has 0 N–H and O–H groups in total. The lowest BCUT2D eigenvalue weighted by Gasteiger charge is -2.45. The normalized spacial score (nSPS) is 18.5. The van der Waals surface area contributed by atoms with Gasteiger partial charge >= 0.3 is 6.03 Å². The molecule has 0 spiro atoms. The van der Waals surface area contributed by atoms with Crippen molar-refractivity contribution in [3.05, 3.63) is 94.6 Å². The van der Waals surface area contributed by atoms with Crippen molar-refractivity contribution in [2.75, 3.05) is 11.9 Å². The molecule has 31 heavy (non-hydrogen) atoms. The highest BCUT2D eigenvalue weighted by Gasteiger charge is 2.47. The molecule has 1 aliphatic rings. The van der Waals surface area contributed by atoms with Crippen molar-refractivity contribution in [1.29, 1.82) is 0 Å². The van der Waals surface area contributed by atoms with Gasteiger partial charge in [-0.3, -0.25) is 4.79 Å². The summed E-state index contributed by atoms with van der Waals surface area (Å²) in [6.07, 6.45) is 1.63. The molecule has 154 valence electrons. The Kier molecular flexibility index (Phi) is 5.50. The van der Waals surface area contributed by atoms with Crippen molar-refractivity contribution >= 4 is 29.4 Å². The van der Waals surface area contributed by atoms with Gasteiger partial charge in [-0.15, -0.1) is 0 Å². The molecule has 5 nitrogen and oxygen atoms in total. The molecule has 1 saturated heterocycles. The molecule has 1 unspecified atom stereocenters. The molecule has 1 fully saturated rings. The highest BCUT2D eigenvalue weighted by atomic mass is 35.5. The number of aromatic nitrogens is 1. The first-order valence-electron chi connectivity index (χ1n) is 9.79. The third kappa shape index (κ3) is 3.90. The average molecular weight is 430 g/mol. The van der Waals surface area contributed by atoms with Crippen molar-refractivity contribution in [2.24, 2.45) is 0 Å². The number of rotatable bonds is 2. The van der Waals surface area contributed by atoms with E-state index in [0.717, 1.165) is 16.0 Å². The molecule has 4 rings (SSSR count). The van der Waals surface area contributed by atoms with Crippen LogP contribution in [0.3, 0.4) is 0 Å². The predicted octanol–water partition coefficient (Wildman–Crippen LogP) is 4.84. The van der Waals surface area contributed by atoms with Gasteiger partial charge in [-0.25, -0.2) is 14.7 Å². The molecule has 0 bridgehead atoms. The minimum atomic E-state index is -0.750. The van der Waals surface area contributed by atoms with Crippen LogP contribution in [0.25, 0.3) is 0 Å². The van der Waals surface area contributed by atoms with Crippen LogP contribution in [-0.2, 0) is 10.3 Å². The van der Waals surface area contributed by atoms with Gasteiger partial charge in [0.15, 0.2) is 5.82 Å². The topological polar surface area (TPSA) is 53.5 Å². The van der Waals surface area contributed by atoms with Gasteiger partial charge in [0, 0.05) is 24.4 Å². The molecule has 6 heteroatoms. The molecule has 3 aromatic rings. The number of pyridine rings is 1. The van der Waals surface area contributed by atoms with Gasteiger partial charge in [0.1, 0.15) is 0 Å². The third-order valence-corrected chi connectivity index (χ3v) is 5.80. The Morgan fingerprint density at radius 2 is 1.58 bits per heavy atom. The summed E-state index contributed by atoms with van der Waals surface area (Å²) in [6.45, 7) is 1.88. The van der Waals surface area contributed by atoms with E-state index < -0.39 is 11.6 Å². The number of nitrogens with zero attached hydrogens (tertiary/aromatic N) is 3.